The summed E-state index contributed by atoms with van der Waals surface area (Å²) in [5, 5.41) is 2.86. The van der Waals surface area contributed by atoms with Crippen molar-refractivity contribution in [2.45, 2.75) is 45.6 Å². The van der Waals surface area contributed by atoms with E-state index in [-0.39, 0.29) is 12.0 Å². The molecule has 0 spiro atoms. The summed E-state index contributed by atoms with van der Waals surface area (Å²) in [6.45, 7) is 5.37. The maximum atomic E-state index is 11.5. The highest BCUT2D eigenvalue weighted by molar-refractivity contribution is 5.75. The first kappa shape index (κ1) is 15.4. The van der Waals surface area contributed by atoms with Gasteiger partial charge in [-0.05, 0) is 32.2 Å². The van der Waals surface area contributed by atoms with Gasteiger partial charge in [-0.3, -0.25) is 4.79 Å². The summed E-state index contributed by atoms with van der Waals surface area (Å²) in [6, 6.07) is 0. The van der Waals surface area contributed by atoms with E-state index in [1.165, 1.54) is 0 Å². The zero-order valence-corrected chi connectivity index (χ0v) is 10.8. The summed E-state index contributed by atoms with van der Waals surface area (Å²) in [5.74, 6) is 0.690. The zero-order valence-electron chi connectivity index (χ0n) is 10.8. The van der Waals surface area contributed by atoms with Crippen LogP contribution >= 0.6 is 0 Å². The number of nitrogens with two attached hydrogens (primary N) is 1. The number of hydrogen-bond acceptors (Lipinski definition) is 3. The van der Waals surface area contributed by atoms with E-state index in [9.17, 15) is 4.79 Å². The second kappa shape index (κ2) is 9.60. The van der Waals surface area contributed by atoms with Crippen molar-refractivity contribution in [1.82, 2.24) is 5.32 Å². The first-order valence-corrected chi connectivity index (χ1v) is 6.13. The zero-order chi connectivity index (χ0) is 12.4. The van der Waals surface area contributed by atoms with Crippen LogP contribution < -0.4 is 11.1 Å². The molecule has 0 aliphatic rings. The van der Waals surface area contributed by atoms with Gasteiger partial charge >= 0.3 is 0 Å². The highest BCUT2D eigenvalue weighted by Crippen LogP contribution is 2.14. The van der Waals surface area contributed by atoms with Crippen LogP contribution in [0.1, 0.15) is 39.5 Å². The molecular weight excluding hydrogens is 204 g/mol. The van der Waals surface area contributed by atoms with Gasteiger partial charge in [-0.1, -0.05) is 13.3 Å². The topological polar surface area (TPSA) is 64.4 Å². The fraction of sp³-hybridized carbons (Fsp3) is 0.917. The molecule has 2 atom stereocenters. The fourth-order valence-corrected chi connectivity index (χ4v) is 1.55. The van der Waals surface area contributed by atoms with Crippen LogP contribution in [-0.4, -0.2) is 32.2 Å². The molecular formula is C12H26N2O2. The quantitative estimate of drug-likeness (QED) is 0.627. The molecule has 3 N–H and O–H groups in total. The second-order valence-corrected chi connectivity index (χ2v) is 4.24. The third-order valence-electron chi connectivity index (χ3n) is 2.92. The van der Waals surface area contributed by atoms with E-state index >= 15 is 0 Å². The lowest BCUT2D eigenvalue weighted by Crippen LogP contribution is -2.31. The number of methoxy groups -OCH3 is 1. The van der Waals surface area contributed by atoms with Gasteiger partial charge in [-0.2, -0.15) is 0 Å². The van der Waals surface area contributed by atoms with Crippen molar-refractivity contribution in [3.8, 4) is 0 Å². The maximum Gasteiger partial charge on any atom is 0.220 e. The Morgan fingerprint density at radius 1 is 1.44 bits per heavy atom. The molecule has 2 unspecified atom stereocenters. The first-order chi connectivity index (χ1) is 7.63. The lowest BCUT2D eigenvalue weighted by atomic mass is 9.96. The monoisotopic (exact) mass is 230 g/mol. The minimum absolute atomic E-state index is 0.0787. The van der Waals surface area contributed by atoms with Gasteiger partial charge in [0.05, 0.1) is 6.10 Å². The van der Waals surface area contributed by atoms with E-state index in [1.807, 2.05) is 6.92 Å². The summed E-state index contributed by atoms with van der Waals surface area (Å²) in [7, 11) is 1.64. The van der Waals surface area contributed by atoms with Gasteiger partial charge in [0.1, 0.15) is 0 Å². The maximum absolute atomic E-state index is 11.5. The predicted molar refractivity (Wildman–Crippen MR) is 66.2 cm³/mol. The van der Waals surface area contributed by atoms with E-state index < -0.39 is 0 Å². The van der Waals surface area contributed by atoms with E-state index in [4.69, 9.17) is 10.5 Å². The van der Waals surface area contributed by atoms with Crippen LogP contribution in [-0.2, 0) is 9.53 Å². The van der Waals surface area contributed by atoms with E-state index in [1.54, 1.807) is 7.11 Å². The van der Waals surface area contributed by atoms with E-state index in [0.717, 1.165) is 19.3 Å². The Labute approximate surface area is 98.9 Å². The van der Waals surface area contributed by atoms with Crippen LogP contribution in [0.15, 0.2) is 0 Å². The lowest BCUT2D eigenvalue weighted by Gasteiger charge is -2.14. The number of rotatable bonds is 9. The van der Waals surface area contributed by atoms with Crippen molar-refractivity contribution in [3.63, 3.8) is 0 Å². The molecule has 0 rings (SSSR count). The molecule has 4 heteroatoms. The van der Waals surface area contributed by atoms with Crippen LogP contribution in [0.3, 0.4) is 0 Å². The third kappa shape index (κ3) is 7.65. The number of ether oxygens (including phenoxy) is 1. The molecule has 0 aliphatic heterocycles. The molecule has 0 radical (unpaired) electrons. The number of amides is 1. The molecule has 16 heavy (non-hydrogen) atoms. The van der Waals surface area contributed by atoms with Crippen molar-refractivity contribution < 1.29 is 9.53 Å². The van der Waals surface area contributed by atoms with Gasteiger partial charge in [0, 0.05) is 20.1 Å². The van der Waals surface area contributed by atoms with E-state index in [0.29, 0.717) is 25.4 Å². The lowest BCUT2D eigenvalue weighted by molar-refractivity contribution is -0.121. The molecule has 0 aromatic heterocycles. The Morgan fingerprint density at radius 2 is 2.12 bits per heavy atom. The number of nitrogens with one attached hydrogen (secondary N) is 1. The van der Waals surface area contributed by atoms with Gasteiger partial charge in [0.15, 0.2) is 0 Å². The SMILES string of the molecule is CCC(CCN)CCC(=O)NCC(C)OC. The molecule has 0 saturated heterocycles. The standard InChI is InChI=1S/C12H26N2O2/c1-4-11(7-8-13)5-6-12(15)14-9-10(2)16-3/h10-11H,4-9,13H2,1-3H3,(H,14,15). The molecule has 96 valence electrons. The Bertz CT molecular complexity index is 186. The van der Waals surface area contributed by atoms with Gasteiger partial charge in [0.2, 0.25) is 5.91 Å². The first-order valence-electron chi connectivity index (χ1n) is 6.13. The molecule has 0 fully saturated rings. The van der Waals surface area contributed by atoms with Gasteiger partial charge in [0.25, 0.3) is 0 Å². The normalized spacial score (nSPS) is 14.5. The molecule has 0 aliphatic carbocycles. The summed E-state index contributed by atoms with van der Waals surface area (Å²) >= 11 is 0. The molecule has 1 amide bonds. The fourth-order valence-electron chi connectivity index (χ4n) is 1.55. The third-order valence-corrected chi connectivity index (χ3v) is 2.92. The Morgan fingerprint density at radius 3 is 2.62 bits per heavy atom. The minimum atomic E-state index is 0.0787. The summed E-state index contributed by atoms with van der Waals surface area (Å²) in [5.41, 5.74) is 5.51. The van der Waals surface area contributed by atoms with Crippen molar-refractivity contribution in [1.29, 1.82) is 0 Å². The summed E-state index contributed by atoms with van der Waals surface area (Å²) < 4.78 is 5.05. The van der Waals surface area contributed by atoms with Crippen LogP contribution in [0.5, 0.6) is 0 Å². The average Bonchev–Trinajstić information content (AvgIpc) is 2.31. The van der Waals surface area contributed by atoms with Gasteiger partial charge in [-0.25, -0.2) is 0 Å². The molecule has 0 saturated carbocycles. The van der Waals surface area contributed by atoms with Crippen LogP contribution in [0.4, 0.5) is 0 Å². The summed E-state index contributed by atoms with van der Waals surface area (Å²) in [6.07, 6.45) is 3.71. The van der Waals surface area contributed by atoms with E-state index in [2.05, 4.69) is 12.2 Å². The Kier molecular flexibility index (Phi) is 9.24. The van der Waals surface area contributed by atoms with Crippen molar-refractivity contribution in [3.05, 3.63) is 0 Å². The van der Waals surface area contributed by atoms with Crippen LogP contribution in [0.25, 0.3) is 0 Å². The van der Waals surface area contributed by atoms with Crippen molar-refractivity contribution >= 4 is 5.91 Å². The Hall–Kier alpha value is -0.610. The predicted octanol–water partition coefficient (Wildman–Crippen LogP) is 1.29. The summed E-state index contributed by atoms with van der Waals surface area (Å²) in [4.78, 5) is 11.5. The molecule has 0 aromatic carbocycles. The molecule has 4 nitrogen and oxygen atoms in total. The largest absolute Gasteiger partial charge is 0.380 e. The average molecular weight is 230 g/mol. The second-order valence-electron chi connectivity index (χ2n) is 4.24. The van der Waals surface area contributed by atoms with Gasteiger partial charge in [-0.15, -0.1) is 0 Å². The van der Waals surface area contributed by atoms with Crippen molar-refractivity contribution in [2.75, 3.05) is 20.2 Å². The molecule has 0 bridgehead atoms. The number of carbonyl (C=O) groups is 1. The molecule has 0 heterocycles. The van der Waals surface area contributed by atoms with Crippen molar-refractivity contribution in [2.24, 2.45) is 11.7 Å². The number of carbonyl (C=O) groups excluding carboxylic acids is 1. The number of hydrogen-bond donors (Lipinski definition) is 2. The highest BCUT2D eigenvalue weighted by Gasteiger charge is 2.09. The van der Waals surface area contributed by atoms with Gasteiger partial charge < -0.3 is 15.8 Å². The molecule has 0 aromatic rings. The Balaban J connectivity index is 3.62. The van der Waals surface area contributed by atoms with Crippen LogP contribution in [0.2, 0.25) is 0 Å². The van der Waals surface area contributed by atoms with Crippen LogP contribution in [0, 0.1) is 5.92 Å². The smallest absolute Gasteiger partial charge is 0.220 e. The highest BCUT2D eigenvalue weighted by atomic mass is 16.5. The minimum Gasteiger partial charge on any atom is -0.380 e.